The Bertz CT molecular complexity index is 856. The van der Waals surface area contributed by atoms with E-state index in [1.54, 1.807) is 11.9 Å². The van der Waals surface area contributed by atoms with Gasteiger partial charge >= 0.3 is 0 Å². The Morgan fingerprint density at radius 3 is 2.22 bits per heavy atom. The normalized spacial score (nSPS) is 13.4. The lowest BCUT2D eigenvalue weighted by Gasteiger charge is -2.27. The third-order valence-electron chi connectivity index (χ3n) is 3.79. The van der Waals surface area contributed by atoms with Gasteiger partial charge in [-0.1, -0.05) is 64.5 Å². The van der Waals surface area contributed by atoms with Crippen LogP contribution in [0.3, 0.4) is 0 Å². The lowest BCUT2D eigenvalue weighted by Crippen LogP contribution is -2.12. The molecule has 0 aromatic heterocycles. The lowest BCUT2D eigenvalue weighted by atomic mass is 9.98. The highest BCUT2D eigenvalue weighted by molar-refractivity contribution is 9.10. The molecule has 3 aromatic rings. The smallest absolute Gasteiger partial charge is 0.0522 e. The average molecular weight is 380 g/mol. The minimum atomic E-state index is 1.09. The van der Waals surface area contributed by atoms with Gasteiger partial charge in [-0.15, -0.1) is 0 Å². The third kappa shape index (κ3) is 2.94. The molecule has 3 heteroatoms. The first-order valence-corrected chi connectivity index (χ1v) is 8.97. The van der Waals surface area contributed by atoms with Crippen LogP contribution in [0, 0.1) is 0 Å². The molecular weight excluding hydrogens is 366 g/mol. The van der Waals surface area contributed by atoms with E-state index < -0.39 is 0 Å². The molecule has 0 bridgehead atoms. The van der Waals surface area contributed by atoms with E-state index >= 15 is 0 Å². The summed E-state index contributed by atoms with van der Waals surface area (Å²) in [5, 5.41) is 0. The van der Waals surface area contributed by atoms with Crippen LogP contribution in [0.25, 0.3) is 5.57 Å². The second kappa shape index (κ2) is 6.26. The predicted octanol–water partition coefficient (Wildman–Crippen LogP) is 6.37. The van der Waals surface area contributed by atoms with Crippen molar-refractivity contribution in [2.24, 2.45) is 0 Å². The average Bonchev–Trinajstić information content (AvgIpc) is 2.62. The first kappa shape index (κ1) is 14.6. The molecule has 1 heterocycles. The topological polar surface area (TPSA) is 3.24 Å². The highest BCUT2D eigenvalue weighted by Gasteiger charge is 2.20. The number of hydrogen-bond donors (Lipinski definition) is 0. The fourth-order valence-electron chi connectivity index (χ4n) is 2.65. The Balaban J connectivity index is 1.84. The molecule has 112 valence electrons. The van der Waals surface area contributed by atoms with Crippen LogP contribution in [-0.2, 0) is 0 Å². The van der Waals surface area contributed by atoms with Crippen molar-refractivity contribution in [3.8, 4) is 0 Å². The fraction of sp³-hybridized carbons (Fsp3) is 0. The second-order valence-electron chi connectivity index (χ2n) is 5.30. The van der Waals surface area contributed by atoms with E-state index in [2.05, 4.69) is 105 Å². The monoisotopic (exact) mass is 379 g/mol. The molecule has 4 rings (SSSR count). The molecule has 0 spiro atoms. The molecule has 0 amide bonds. The molecule has 0 saturated heterocycles. The van der Waals surface area contributed by atoms with Gasteiger partial charge in [-0.05, 0) is 53.4 Å². The molecule has 0 atom stereocenters. The maximum Gasteiger partial charge on any atom is 0.0522 e. The highest BCUT2D eigenvalue weighted by atomic mass is 79.9. The second-order valence-corrected chi connectivity index (χ2v) is 7.23. The van der Waals surface area contributed by atoms with Gasteiger partial charge in [0.25, 0.3) is 0 Å². The lowest BCUT2D eigenvalue weighted by molar-refractivity contribution is 1.31. The zero-order valence-electron chi connectivity index (χ0n) is 12.3. The summed E-state index contributed by atoms with van der Waals surface area (Å²) in [5.74, 6) is 0. The van der Waals surface area contributed by atoms with Gasteiger partial charge in [-0.25, -0.2) is 0 Å². The van der Waals surface area contributed by atoms with Crippen molar-refractivity contribution < 1.29 is 0 Å². The summed E-state index contributed by atoms with van der Waals surface area (Å²) in [6.45, 7) is 0. The number of nitrogens with zero attached hydrogens (tertiary/aromatic N) is 1. The predicted molar refractivity (Wildman–Crippen MR) is 102 cm³/mol. The number of halogens is 1. The minimum Gasteiger partial charge on any atom is -0.287 e. The molecule has 0 N–H and O–H groups in total. The Hall–Kier alpha value is -1.97. The molecule has 23 heavy (non-hydrogen) atoms. The fourth-order valence-corrected chi connectivity index (χ4v) is 3.93. The Kier molecular flexibility index (Phi) is 3.98. The Morgan fingerprint density at radius 1 is 0.739 bits per heavy atom. The van der Waals surface area contributed by atoms with Gasteiger partial charge in [0.2, 0.25) is 0 Å². The van der Waals surface area contributed by atoms with Crippen molar-refractivity contribution >= 4 is 39.1 Å². The van der Waals surface area contributed by atoms with Crippen LogP contribution in [0.5, 0.6) is 0 Å². The van der Waals surface area contributed by atoms with Gasteiger partial charge in [-0.3, -0.25) is 4.31 Å². The summed E-state index contributed by atoms with van der Waals surface area (Å²) in [6.07, 6.45) is 2.23. The minimum absolute atomic E-state index is 1.09. The number of benzene rings is 3. The SMILES string of the molecule is Brc1ccc(N2C=C(c3ccccc3)c3ccccc3S2)cc1. The van der Waals surface area contributed by atoms with Crippen LogP contribution in [0.1, 0.15) is 11.1 Å². The Labute approximate surface area is 148 Å². The standard InChI is InChI=1S/C20H14BrNS/c21-16-10-12-17(13-11-16)22-14-19(15-6-2-1-3-7-15)18-8-4-5-9-20(18)23-22/h1-14H. The molecule has 0 aliphatic carbocycles. The number of fused-ring (bicyclic) bond motifs is 1. The van der Waals surface area contributed by atoms with E-state index in [0.717, 1.165) is 4.47 Å². The summed E-state index contributed by atoms with van der Waals surface area (Å²) >= 11 is 5.26. The van der Waals surface area contributed by atoms with Gasteiger partial charge in [0.1, 0.15) is 0 Å². The van der Waals surface area contributed by atoms with E-state index in [0.29, 0.717) is 0 Å². The summed E-state index contributed by atoms with van der Waals surface area (Å²) in [5.41, 5.74) is 4.95. The summed E-state index contributed by atoms with van der Waals surface area (Å²) in [7, 11) is 0. The van der Waals surface area contributed by atoms with Crippen molar-refractivity contribution in [2.45, 2.75) is 4.90 Å². The first-order valence-electron chi connectivity index (χ1n) is 7.41. The largest absolute Gasteiger partial charge is 0.287 e. The molecule has 0 radical (unpaired) electrons. The van der Waals surface area contributed by atoms with Crippen LogP contribution >= 0.6 is 27.9 Å². The van der Waals surface area contributed by atoms with Gasteiger partial charge in [0, 0.05) is 21.1 Å². The van der Waals surface area contributed by atoms with E-state index in [-0.39, 0.29) is 0 Å². The van der Waals surface area contributed by atoms with Gasteiger partial charge in [-0.2, -0.15) is 0 Å². The van der Waals surface area contributed by atoms with E-state index in [1.165, 1.54) is 27.3 Å². The molecular formula is C20H14BrNS. The van der Waals surface area contributed by atoms with Crippen molar-refractivity contribution in [3.05, 3.63) is 101 Å². The molecule has 0 saturated carbocycles. The van der Waals surface area contributed by atoms with Crippen molar-refractivity contribution in [2.75, 3.05) is 4.31 Å². The maximum absolute atomic E-state index is 3.50. The summed E-state index contributed by atoms with van der Waals surface area (Å²) < 4.78 is 3.33. The first-order chi connectivity index (χ1) is 11.3. The number of rotatable bonds is 2. The molecule has 1 aliphatic rings. The zero-order valence-corrected chi connectivity index (χ0v) is 14.7. The molecule has 0 fully saturated rings. The molecule has 3 aromatic carbocycles. The van der Waals surface area contributed by atoms with Crippen molar-refractivity contribution in [3.63, 3.8) is 0 Å². The van der Waals surface area contributed by atoms with Crippen LogP contribution in [0.15, 0.2) is 94.4 Å². The zero-order chi connectivity index (χ0) is 15.6. The quantitative estimate of drug-likeness (QED) is 0.476. The molecule has 1 aliphatic heterocycles. The van der Waals surface area contributed by atoms with Crippen LogP contribution in [-0.4, -0.2) is 0 Å². The van der Waals surface area contributed by atoms with Crippen LogP contribution in [0.2, 0.25) is 0 Å². The number of anilines is 1. The van der Waals surface area contributed by atoms with Crippen molar-refractivity contribution in [1.82, 2.24) is 0 Å². The van der Waals surface area contributed by atoms with E-state index in [1.807, 2.05) is 0 Å². The molecule has 1 nitrogen and oxygen atoms in total. The summed E-state index contributed by atoms with van der Waals surface area (Å²) in [4.78, 5) is 1.27. The maximum atomic E-state index is 3.50. The van der Waals surface area contributed by atoms with Gasteiger partial charge < -0.3 is 0 Å². The van der Waals surface area contributed by atoms with Gasteiger partial charge in [0.05, 0.1) is 5.69 Å². The van der Waals surface area contributed by atoms with Crippen molar-refractivity contribution in [1.29, 1.82) is 0 Å². The van der Waals surface area contributed by atoms with E-state index in [9.17, 15) is 0 Å². The van der Waals surface area contributed by atoms with Crippen LogP contribution in [0.4, 0.5) is 5.69 Å². The summed E-state index contributed by atoms with van der Waals surface area (Å²) in [6, 6.07) is 27.5. The Morgan fingerprint density at radius 2 is 1.43 bits per heavy atom. The van der Waals surface area contributed by atoms with E-state index in [4.69, 9.17) is 0 Å². The highest BCUT2D eigenvalue weighted by Crippen LogP contribution is 2.42. The third-order valence-corrected chi connectivity index (χ3v) is 5.38. The molecule has 0 unspecified atom stereocenters. The van der Waals surface area contributed by atoms with Gasteiger partial charge in [0.15, 0.2) is 0 Å². The number of hydrogen-bond acceptors (Lipinski definition) is 2. The van der Waals surface area contributed by atoms with Crippen LogP contribution < -0.4 is 4.31 Å².